The van der Waals surface area contributed by atoms with Crippen LogP contribution in [0.25, 0.3) is 0 Å². The monoisotopic (exact) mass is 269 g/mol. The minimum absolute atomic E-state index is 0.664. The lowest BCUT2D eigenvalue weighted by Crippen LogP contribution is -1.97. The average Bonchev–Trinajstić information content (AvgIpc) is 1.98. The van der Waals surface area contributed by atoms with Crippen molar-refractivity contribution in [3.63, 3.8) is 0 Å². The first-order valence-corrected chi connectivity index (χ1v) is 5.84. The minimum atomic E-state index is 0.664. The molecule has 0 saturated carbocycles. The van der Waals surface area contributed by atoms with Crippen LogP contribution in [0.15, 0.2) is 0 Å². The lowest BCUT2D eigenvalue weighted by molar-refractivity contribution is 0.650. The molecule has 0 saturated heterocycles. The molecule has 10 heavy (non-hydrogen) atoms. The molecule has 0 amide bonds. The third-order valence-corrected chi connectivity index (χ3v) is 3.87. The number of alkyl halides is 2. The lowest BCUT2D eigenvalue weighted by Gasteiger charge is -2.03. The van der Waals surface area contributed by atoms with Gasteiger partial charge in [0.05, 0.1) is 0 Å². The molecular weight excluding hydrogens is 256 g/mol. The molecule has 0 rings (SSSR count). The van der Waals surface area contributed by atoms with Crippen LogP contribution in [0.3, 0.4) is 0 Å². The summed E-state index contributed by atoms with van der Waals surface area (Å²) in [4.78, 5) is 0.664. The highest BCUT2D eigenvalue weighted by Crippen LogP contribution is 2.13. The van der Waals surface area contributed by atoms with E-state index in [0.29, 0.717) is 4.83 Å². The van der Waals surface area contributed by atoms with Crippen LogP contribution in [0.1, 0.15) is 32.1 Å². The molecule has 0 bridgehead atoms. The van der Waals surface area contributed by atoms with Crippen LogP contribution < -0.4 is 0 Å². The maximum atomic E-state index is 3.80. The molecule has 0 N–H and O–H groups in total. The van der Waals surface area contributed by atoms with Crippen molar-refractivity contribution in [2.75, 3.05) is 5.33 Å². The van der Waals surface area contributed by atoms with Crippen molar-refractivity contribution in [3.05, 3.63) is 6.92 Å². The average molecular weight is 271 g/mol. The van der Waals surface area contributed by atoms with Gasteiger partial charge in [-0.2, -0.15) is 0 Å². The number of hydrogen-bond acceptors (Lipinski definition) is 0. The Labute approximate surface area is 81.0 Å². The molecule has 0 aliphatic carbocycles. The second-order valence-electron chi connectivity index (χ2n) is 2.45. The van der Waals surface area contributed by atoms with E-state index in [1.807, 2.05) is 0 Å². The summed E-state index contributed by atoms with van der Waals surface area (Å²) >= 11 is 6.99. The number of unbranched alkanes of at least 4 members (excludes halogenated alkanes) is 3. The molecule has 0 fully saturated rings. The normalized spacial score (nSPS) is 13.5. The summed E-state index contributed by atoms with van der Waals surface area (Å²) in [6.45, 7) is 3.80. The molecular formula is C8H15Br2. The van der Waals surface area contributed by atoms with Gasteiger partial charge < -0.3 is 0 Å². The zero-order valence-electron chi connectivity index (χ0n) is 6.28. The zero-order chi connectivity index (χ0) is 7.82. The van der Waals surface area contributed by atoms with Gasteiger partial charge in [0.2, 0.25) is 0 Å². The van der Waals surface area contributed by atoms with Gasteiger partial charge in [-0.3, -0.25) is 0 Å². The van der Waals surface area contributed by atoms with E-state index in [4.69, 9.17) is 0 Å². The van der Waals surface area contributed by atoms with E-state index >= 15 is 0 Å². The van der Waals surface area contributed by atoms with Crippen LogP contribution in [0.2, 0.25) is 0 Å². The molecule has 0 nitrogen and oxygen atoms in total. The van der Waals surface area contributed by atoms with Gasteiger partial charge in [-0.25, -0.2) is 0 Å². The summed E-state index contributed by atoms with van der Waals surface area (Å²) in [5.74, 6) is 0. The smallest absolute Gasteiger partial charge is 0.0242 e. The topological polar surface area (TPSA) is 0 Å². The van der Waals surface area contributed by atoms with Gasteiger partial charge in [-0.15, -0.1) is 0 Å². The Balaban J connectivity index is 2.89. The second-order valence-corrected chi connectivity index (χ2v) is 4.40. The summed E-state index contributed by atoms with van der Waals surface area (Å²) in [5.41, 5.74) is 0. The molecule has 0 spiro atoms. The number of halogens is 2. The quantitative estimate of drug-likeness (QED) is 0.507. The Morgan fingerprint density at radius 1 is 1.20 bits per heavy atom. The van der Waals surface area contributed by atoms with Crippen molar-refractivity contribution in [2.24, 2.45) is 0 Å². The molecule has 1 radical (unpaired) electrons. The largest absolute Gasteiger partial charge is 0.0916 e. The molecule has 61 valence electrons. The van der Waals surface area contributed by atoms with E-state index in [1.165, 1.54) is 25.7 Å². The standard InChI is InChI=1S/C8H15Br2/c1-2-3-4-5-6-8(10)7-9/h8H,1-7H2. The van der Waals surface area contributed by atoms with E-state index in [9.17, 15) is 0 Å². The number of hydrogen-bond donors (Lipinski definition) is 0. The Kier molecular flexibility index (Phi) is 8.83. The summed E-state index contributed by atoms with van der Waals surface area (Å²) in [7, 11) is 0. The lowest BCUT2D eigenvalue weighted by atomic mass is 10.1. The van der Waals surface area contributed by atoms with E-state index < -0.39 is 0 Å². The van der Waals surface area contributed by atoms with Crippen LogP contribution in [0, 0.1) is 6.92 Å². The van der Waals surface area contributed by atoms with Gasteiger partial charge in [0.25, 0.3) is 0 Å². The fourth-order valence-corrected chi connectivity index (χ4v) is 1.44. The van der Waals surface area contributed by atoms with Gasteiger partial charge in [0.1, 0.15) is 0 Å². The SMILES string of the molecule is [CH2]CCCCCC(Br)CBr. The Bertz CT molecular complexity index is 64.3. The van der Waals surface area contributed by atoms with Gasteiger partial charge in [-0.05, 0) is 6.42 Å². The van der Waals surface area contributed by atoms with E-state index in [2.05, 4.69) is 38.8 Å². The summed E-state index contributed by atoms with van der Waals surface area (Å²) in [6, 6.07) is 0. The van der Waals surface area contributed by atoms with Crippen molar-refractivity contribution >= 4 is 31.9 Å². The van der Waals surface area contributed by atoms with Crippen LogP contribution in [0.4, 0.5) is 0 Å². The van der Waals surface area contributed by atoms with Crippen molar-refractivity contribution < 1.29 is 0 Å². The highest BCUT2D eigenvalue weighted by molar-refractivity contribution is 9.12. The van der Waals surface area contributed by atoms with E-state index in [-0.39, 0.29) is 0 Å². The van der Waals surface area contributed by atoms with Gasteiger partial charge in [0.15, 0.2) is 0 Å². The van der Waals surface area contributed by atoms with Crippen LogP contribution in [-0.4, -0.2) is 10.2 Å². The first-order chi connectivity index (χ1) is 4.81. The van der Waals surface area contributed by atoms with Crippen molar-refractivity contribution in [3.8, 4) is 0 Å². The Morgan fingerprint density at radius 2 is 1.90 bits per heavy atom. The van der Waals surface area contributed by atoms with Gasteiger partial charge >= 0.3 is 0 Å². The maximum absolute atomic E-state index is 3.80. The summed E-state index contributed by atoms with van der Waals surface area (Å²) in [6.07, 6.45) is 6.31. The van der Waals surface area contributed by atoms with Gasteiger partial charge in [-0.1, -0.05) is 64.5 Å². The van der Waals surface area contributed by atoms with Crippen LogP contribution in [-0.2, 0) is 0 Å². The molecule has 0 heterocycles. The molecule has 1 unspecified atom stereocenters. The third kappa shape index (κ3) is 7.07. The molecule has 0 aromatic carbocycles. The number of rotatable bonds is 6. The third-order valence-electron chi connectivity index (χ3n) is 1.43. The minimum Gasteiger partial charge on any atom is -0.0916 e. The molecule has 0 aliphatic rings. The molecule has 0 aromatic rings. The fourth-order valence-electron chi connectivity index (χ4n) is 0.797. The second kappa shape index (κ2) is 8.06. The van der Waals surface area contributed by atoms with Crippen LogP contribution in [0.5, 0.6) is 0 Å². The first-order valence-electron chi connectivity index (χ1n) is 3.80. The predicted molar refractivity (Wildman–Crippen MR) is 55.0 cm³/mol. The summed E-state index contributed by atoms with van der Waals surface area (Å²) < 4.78 is 0. The molecule has 0 aromatic heterocycles. The highest BCUT2D eigenvalue weighted by atomic mass is 79.9. The fraction of sp³-hybridized carbons (Fsp3) is 0.875. The van der Waals surface area contributed by atoms with E-state index in [0.717, 1.165) is 11.8 Å². The van der Waals surface area contributed by atoms with Crippen molar-refractivity contribution in [2.45, 2.75) is 36.9 Å². The maximum Gasteiger partial charge on any atom is 0.0242 e. The molecule has 0 aliphatic heterocycles. The van der Waals surface area contributed by atoms with Crippen molar-refractivity contribution in [1.29, 1.82) is 0 Å². The predicted octanol–water partition coefficient (Wildman–Crippen LogP) is 3.93. The summed E-state index contributed by atoms with van der Waals surface area (Å²) in [5, 5.41) is 1.07. The van der Waals surface area contributed by atoms with Crippen LogP contribution >= 0.6 is 31.9 Å². The van der Waals surface area contributed by atoms with Crippen molar-refractivity contribution in [1.82, 2.24) is 0 Å². The first kappa shape index (κ1) is 11.0. The highest BCUT2D eigenvalue weighted by Gasteiger charge is 1.99. The zero-order valence-corrected chi connectivity index (χ0v) is 9.46. The molecule has 1 atom stereocenters. The van der Waals surface area contributed by atoms with Gasteiger partial charge in [0, 0.05) is 10.2 Å². The molecule has 2 heteroatoms. The Hall–Kier alpha value is 0.960. The van der Waals surface area contributed by atoms with E-state index in [1.54, 1.807) is 0 Å². The Morgan fingerprint density at radius 3 is 2.40 bits per heavy atom.